The molecule has 0 aliphatic carbocycles. The SMILES string of the molecule is COc1c(N)cc(S(=O)(=O)Nc2cccnn2)cc1F. The number of benzene rings is 1. The molecule has 0 saturated heterocycles. The van der Waals surface area contributed by atoms with E-state index in [1.807, 2.05) is 0 Å². The van der Waals surface area contributed by atoms with Crippen molar-refractivity contribution in [1.29, 1.82) is 0 Å². The van der Waals surface area contributed by atoms with Crippen molar-refractivity contribution in [3.05, 3.63) is 36.3 Å². The Kier molecular flexibility index (Phi) is 3.70. The van der Waals surface area contributed by atoms with Crippen LogP contribution in [0.2, 0.25) is 0 Å². The van der Waals surface area contributed by atoms with Crippen LogP contribution in [-0.2, 0) is 10.0 Å². The number of anilines is 2. The Hall–Kier alpha value is -2.42. The largest absolute Gasteiger partial charge is 0.492 e. The van der Waals surface area contributed by atoms with Crippen LogP contribution in [0, 0.1) is 5.82 Å². The van der Waals surface area contributed by atoms with Crippen LogP contribution in [-0.4, -0.2) is 25.7 Å². The third-order valence-corrected chi connectivity index (χ3v) is 3.71. The summed E-state index contributed by atoms with van der Waals surface area (Å²) in [4.78, 5) is -0.334. The maximum absolute atomic E-state index is 13.7. The van der Waals surface area contributed by atoms with E-state index in [4.69, 9.17) is 10.5 Å². The Balaban J connectivity index is 2.40. The average Bonchev–Trinajstić information content (AvgIpc) is 2.39. The summed E-state index contributed by atoms with van der Waals surface area (Å²) in [7, 11) is -2.77. The zero-order chi connectivity index (χ0) is 14.8. The van der Waals surface area contributed by atoms with Gasteiger partial charge in [-0.3, -0.25) is 4.72 Å². The van der Waals surface area contributed by atoms with Crippen LogP contribution in [0.15, 0.2) is 35.4 Å². The van der Waals surface area contributed by atoms with Crippen LogP contribution in [0.1, 0.15) is 0 Å². The van der Waals surface area contributed by atoms with Crippen molar-refractivity contribution in [3.8, 4) is 5.75 Å². The molecule has 0 unspecified atom stereocenters. The molecule has 1 aromatic carbocycles. The number of ether oxygens (including phenoxy) is 1. The van der Waals surface area contributed by atoms with Crippen LogP contribution >= 0.6 is 0 Å². The lowest BCUT2D eigenvalue weighted by Crippen LogP contribution is -2.15. The monoisotopic (exact) mass is 298 g/mol. The average molecular weight is 298 g/mol. The molecule has 0 amide bonds. The fourth-order valence-electron chi connectivity index (χ4n) is 1.51. The lowest BCUT2D eigenvalue weighted by molar-refractivity contribution is 0.388. The van der Waals surface area contributed by atoms with Gasteiger partial charge in [0.2, 0.25) is 0 Å². The minimum atomic E-state index is -4.01. The highest BCUT2D eigenvalue weighted by Gasteiger charge is 2.19. The van der Waals surface area contributed by atoms with E-state index >= 15 is 0 Å². The summed E-state index contributed by atoms with van der Waals surface area (Å²) in [6, 6.07) is 4.83. The Morgan fingerprint density at radius 1 is 1.40 bits per heavy atom. The third kappa shape index (κ3) is 2.77. The Morgan fingerprint density at radius 2 is 2.15 bits per heavy atom. The van der Waals surface area contributed by atoms with E-state index in [1.165, 1.54) is 25.4 Å². The normalized spacial score (nSPS) is 11.1. The van der Waals surface area contributed by atoms with E-state index in [-0.39, 0.29) is 22.2 Å². The molecule has 1 heterocycles. The van der Waals surface area contributed by atoms with Gasteiger partial charge in [0, 0.05) is 6.20 Å². The maximum Gasteiger partial charge on any atom is 0.263 e. The lowest BCUT2D eigenvalue weighted by Gasteiger charge is -2.10. The standard InChI is InChI=1S/C11H11FN4O3S/c1-19-11-8(12)5-7(6-9(11)13)20(17,18)16-10-3-2-4-14-15-10/h2-6H,13H2,1H3,(H,15,16). The minimum Gasteiger partial charge on any atom is -0.492 e. The highest BCUT2D eigenvalue weighted by molar-refractivity contribution is 7.92. The molecular weight excluding hydrogens is 287 g/mol. The molecule has 0 aliphatic heterocycles. The summed E-state index contributed by atoms with van der Waals surface area (Å²) in [6.07, 6.45) is 1.39. The number of methoxy groups -OCH3 is 1. The van der Waals surface area contributed by atoms with Gasteiger partial charge in [0.25, 0.3) is 10.0 Å². The van der Waals surface area contributed by atoms with E-state index in [0.29, 0.717) is 0 Å². The molecule has 0 aliphatic rings. The first-order valence-corrected chi connectivity index (χ1v) is 6.86. The topological polar surface area (TPSA) is 107 Å². The Morgan fingerprint density at radius 3 is 2.70 bits per heavy atom. The van der Waals surface area contributed by atoms with Crippen LogP contribution in [0.3, 0.4) is 0 Å². The highest BCUT2D eigenvalue weighted by Crippen LogP contribution is 2.29. The summed E-state index contributed by atoms with van der Waals surface area (Å²) in [6.45, 7) is 0. The van der Waals surface area contributed by atoms with Gasteiger partial charge in [-0.2, -0.15) is 5.10 Å². The predicted octanol–water partition coefficient (Wildman–Crippen LogP) is 1.01. The van der Waals surface area contributed by atoms with E-state index in [0.717, 1.165) is 12.1 Å². The number of aromatic nitrogens is 2. The number of nitrogens with two attached hydrogens (primary N) is 1. The second-order valence-corrected chi connectivity index (χ2v) is 5.42. The molecule has 0 saturated carbocycles. The summed E-state index contributed by atoms with van der Waals surface area (Å²) >= 11 is 0. The van der Waals surface area contributed by atoms with Gasteiger partial charge in [-0.15, -0.1) is 5.10 Å². The molecule has 0 bridgehead atoms. The molecule has 0 fully saturated rings. The van der Waals surface area contributed by atoms with Gasteiger partial charge < -0.3 is 10.5 Å². The first kappa shape index (κ1) is 14.0. The second-order valence-electron chi connectivity index (χ2n) is 3.74. The zero-order valence-corrected chi connectivity index (χ0v) is 11.2. The van der Waals surface area contributed by atoms with Crippen molar-refractivity contribution in [2.75, 3.05) is 17.6 Å². The number of hydrogen-bond donors (Lipinski definition) is 2. The summed E-state index contributed by atoms with van der Waals surface area (Å²) in [5.41, 5.74) is 5.42. The van der Waals surface area contributed by atoms with Gasteiger partial charge in [-0.1, -0.05) is 0 Å². The van der Waals surface area contributed by atoms with Crippen molar-refractivity contribution in [3.63, 3.8) is 0 Å². The number of halogens is 1. The number of hydrogen-bond acceptors (Lipinski definition) is 6. The first-order valence-electron chi connectivity index (χ1n) is 5.37. The van der Waals surface area contributed by atoms with Crippen molar-refractivity contribution in [1.82, 2.24) is 10.2 Å². The number of nitrogens with zero attached hydrogens (tertiary/aromatic N) is 2. The molecule has 9 heteroatoms. The molecule has 7 nitrogen and oxygen atoms in total. The number of sulfonamides is 1. The molecule has 0 atom stereocenters. The number of nitrogen functional groups attached to an aromatic ring is 1. The Bertz CT molecular complexity index is 699. The van der Waals surface area contributed by atoms with E-state index in [2.05, 4.69) is 14.9 Å². The van der Waals surface area contributed by atoms with Crippen molar-refractivity contribution in [2.24, 2.45) is 0 Å². The molecule has 2 rings (SSSR count). The Labute approximate surface area is 114 Å². The number of nitrogens with one attached hydrogen (secondary N) is 1. The summed E-state index contributed by atoms with van der Waals surface area (Å²) in [5, 5.41) is 7.11. The van der Waals surface area contributed by atoms with Crippen molar-refractivity contribution < 1.29 is 17.5 Å². The fraction of sp³-hybridized carbons (Fsp3) is 0.0909. The van der Waals surface area contributed by atoms with Gasteiger partial charge in [-0.05, 0) is 24.3 Å². The van der Waals surface area contributed by atoms with Crippen LogP contribution in [0.5, 0.6) is 5.75 Å². The summed E-state index contributed by atoms with van der Waals surface area (Å²) in [5.74, 6) is -1.06. The lowest BCUT2D eigenvalue weighted by atomic mass is 10.3. The van der Waals surface area contributed by atoms with Gasteiger partial charge >= 0.3 is 0 Å². The third-order valence-electron chi connectivity index (χ3n) is 2.37. The molecule has 1 aromatic heterocycles. The van der Waals surface area contributed by atoms with Crippen LogP contribution in [0.4, 0.5) is 15.9 Å². The smallest absolute Gasteiger partial charge is 0.263 e. The zero-order valence-electron chi connectivity index (χ0n) is 10.4. The first-order chi connectivity index (χ1) is 9.44. The van der Waals surface area contributed by atoms with E-state index in [1.54, 1.807) is 0 Å². The highest BCUT2D eigenvalue weighted by atomic mass is 32.2. The molecular formula is C11H11FN4O3S. The minimum absolute atomic E-state index is 0.0160. The molecule has 0 radical (unpaired) electrons. The number of rotatable bonds is 4. The van der Waals surface area contributed by atoms with Crippen LogP contribution < -0.4 is 15.2 Å². The quantitative estimate of drug-likeness (QED) is 0.816. The summed E-state index contributed by atoms with van der Waals surface area (Å²) < 4.78 is 44.7. The molecule has 3 N–H and O–H groups in total. The van der Waals surface area contributed by atoms with Gasteiger partial charge in [-0.25, -0.2) is 12.8 Å². The van der Waals surface area contributed by atoms with Crippen molar-refractivity contribution in [2.45, 2.75) is 4.90 Å². The van der Waals surface area contributed by atoms with Gasteiger partial charge in [0.15, 0.2) is 17.4 Å². The van der Waals surface area contributed by atoms with Crippen LogP contribution in [0.25, 0.3) is 0 Å². The molecule has 20 heavy (non-hydrogen) atoms. The second kappa shape index (κ2) is 5.29. The maximum atomic E-state index is 13.7. The predicted molar refractivity (Wildman–Crippen MR) is 70.2 cm³/mol. The van der Waals surface area contributed by atoms with Crippen molar-refractivity contribution >= 4 is 21.5 Å². The van der Waals surface area contributed by atoms with E-state index < -0.39 is 15.8 Å². The molecule has 106 valence electrons. The van der Waals surface area contributed by atoms with Gasteiger partial charge in [0.05, 0.1) is 17.7 Å². The molecule has 0 spiro atoms. The molecule has 2 aromatic rings. The van der Waals surface area contributed by atoms with Gasteiger partial charge in [0.1, 0.15) is 0 Å². The fourth-order valence-corrected chi connectivity index (χ4v) is 2.55. The van der Waals surface area contributed by atoms with E-state index in [9.17, 15) is 12.8 Å².